The molecule has 0 saturated carbocycles. The first kappa shape index (κ1) is 11.5. The van der Waals surface area contributed by atoms with E-state index in [1.54, 1.807) is 23.0 Å². The maximum absolute atomic E-state index is 11.5. The van der Waals surface area contributed by atoms with Crippen LogP contribution in [0.1, 0.15) is 24.1 Å². The predicted octanol–water partition coefficient (Wildman–Crippen LogP) is 1.15. The summed E-state index contributed by atoms with van der Waals surface area (Å²) in [6, 6.07) is 0. The molecule has 1 atom stereocenters. The third kappa shape index (κ3) is 3.57. The molecule has 5 heteroatoms. The Morgan fingerprint density at radius 2 is 2.62 bits per heavy atom. The fourth-order valence-corrected chi connectivity index (χ4v) is 2.43. The van der Waals surface area contributed by atoms with Crippen LogP contribution in [0.4, 0.5) is 0 Å². The van der Waals surface area contributed by atoms with Gasteiger partial charge >= 0.3 is 0 Å². The smallest absolute Gasteiger partial charge is 0.220 e. The molecule has 0 radical (unpaired) electrons. The molecule has 1 amide bonds. The van der Waals surface area contributed by atoms with Crippen LogP contribution in [0.15, 0.2) is 11.7 Å². The summed E-state index contributed by atoms with van der Waals surface area (Å²) in [6.45, 7) is 2.79. The Hall–Kier alpha value is -0.940. The van der Waals surface area contributed by atoms with Gasteiger partial charge in [-0.25, -0.2) is 0 Å². The van der Waals surface area contributed by atoms with Crippen molar-refractivity contribution in [1.29, 1.82) is 0 Å². The summed E-state index contributed by atoms with van der Waals surface area (Å²) in [6.07, 6.45) is 4.65. The first-order valence-corrected chi connectivity index (χ1v) is 6.57. The van der Waals surface area contributed by atoms with Crippen molar-refractivity contribution in [1.82, 2.24) is 15.6 Å². The number of carbonyl (C=O) groups excluding carboxylic acids is 1. The summed E-state index contributed by atoms with van der Waals surface area (Å²) in [5.41, 5.74) is 1.78. The van der Waals surface area contributed by atoms with E-state index in [9.17, 15) is 4.79 Å². The van der Waals surface area contributed by atoms with Crippen LogP contribution in [0.5, 0.6) is 0 Å². The Balaban J connectivity index is 1.60. The van der Waals surface area contributed by atoms with Gasteiger partial charge in [-0.3, -0.25) is 9.78 Å². The molecule has 4 nitrogen and oxygen atoms in total. The summed E-state index contributed by atoms with van der Waals surface area (Å²) >= 11 is 1.57. The van der Waals surface area contributed by atoms with Crippen LogP contribution in [0.2, 0.25) is 0 Å². The fourth-order valence-electron chi connectivity index (χ4n) is 1.90. The lowest BCUT2D eigenvalue weighted by molar-refractivity contribution is -0.121. The van der Waals surface area contributed by atoms with Gasteiger partial charge in [0.25, 0.3) is 0 Å². The molecule has 2 N–H and O–H groups in total. The summed E-state index contributed by atoms with van der Waals surface area (Å²) in [5.74, 6) is 0.842. The third-order valence-electron chi connectivity index (χ3n) is 2.89. The molecular weight excluding hydrogens is 222 g/mol. The molecule has 1 aromatic rings. The highest BCUT2D eigenvalue weighted by molar-refractivity contribution is 7.09. The topological polar surface area (TPSA) is 54.0 Å². The standard InChI is InChI=1S/C11H17N3OS/c15-11(2-1-9-3-4-12-5-9)14-7-10-6-13-8-16-10/h6,8-9,12H,1-5,7H2,(H,14,15). The number of aromatic nitrogens is 1. The molecule has 88 valence electrons. The lowest BCUT2D eigenvalue weighted by Gasteiger charge is -2.07. The molecule has 1 aromatic heterocycles. The minimum atomic E-state index is 0.153. The Morgan fingerprint density at radius 1 is 1.69 bits per heavy atom. The molecule has 2 rings (SSSR count). The van der Waals surface area contributed by atoms with E-state index in [2.05, 4.69) is 15.6 Å². The van der Waals surface area contributed by atoms with Crippen molar-refractivity contribution in [2.75, 3.05) is 13.1 Å². The van der Waals surface area contributed by atoms with Crippen LogP contribution >= 0.6 is 11.3 Å². The van der Waals surface area contributed by atoms with Gasteiger partial charge in [-0.05, 0) is 31.8 Å². The SMILES string of the molecule is O=C(CCC1CCNC1)NCc1cncs1. The van der Waals surface area contributed by atoms with Crippen LogP contribution < -0.4 is 10.6 Å². The second-order valence-electron chi connectivity index (χ2n) is 4.14. The number of nitrogens with zero attached hydrogens (tertiary/aromatic N) is 1. The van der Waals surface area contributed by atoms with Crippen molar-refractivity contribution in [3.63, 3.8) is 0 Å². The van der Waals surface area contributed by atoms with Gasteiger partial charge < -0.3 is 10.6 Å². The van der Waals surface area contributed by atoms with Gasteiger partial charge in [-0.2, -0.15) is 0 Å². The monoisotopic (exact) mass is 239 g/mol. The molecule has 2 heterocycles. The second-order valence-corrected chi connectivity index (χ2v) is 5.11. The average Bonchev–Trinajstić information content (AvgIpc) is 2.96. The van der Waals surface area contributed by atoms with E-state index in [0.717, 1.165) is 24.4 Å². The maximum atomic E-state index is 11.5. The molecule has 1 aliphatic heterocycles. The van der Waals surface area contributed by atoms with Gasteiger partial charge in [0.1, 0.15) is 0 Å². The average molecular weight is 239 g/mol. The zero-order valence-electron chi connectivity index (χ0n) is 9.24. The number of carbonyl (C=O) groups is 1. The summed E-state index contributed by atoms with van der Waals surface area (Å²) < 4.78 is 0. The highest BCUT2D eigenvalue weighted by Gasteiger charge is 2.15. The number of hydrogen-bond acceptors (Lipinski definition) is 4. The Labute approximate surface area is 99.5 Å². The fraction of sp³-hybridized carbons (Fsp3) is 0.636. The lowest BCUT2D eigenvalue weighted by atomic mass is 10.0. The van der Waals surface area contributed by atoms with Gasteiger partial charge in [-0.1, -0.05) is 0 Å². The Kier molecular flexibility index (Phi) is 4.30. The Morgan fingerprint density at radius 3 is 3.31 bits per heavy atom. The largest absolute Gasteiger partial charge is 0.351 e. The summed E-state index contributed by atoms with van der Waals surface area (Å²) in [4.78, 5) is 16.6. The van der Waals surface area contributed by atoms with Gasteiger partial charge in [0, 0.05) is 17.5 Å². The van der Waals surface area contributed by atoms with Crippen LogP contribution in [-0.4, -0.2) is 24.0 Å². The molecular formula is C11H17N3OS. The normalized spacial score (nSPS) is 19.9. The molecule has 0 bridgehead atoms. The van der Waals surface area contributed by atoms with Crippen LogP contribution in [0.25, 0.3) is 0 Å². The van der Waals surface area contributed by atoms with E-state index < -0.39 is 0 Å². The van der Waals surface area contributed by atoms with Gasteiger partial charge in [-0.15, -0.1) is 11.3 Å². The maximum Gasteiger partial charge on any atom is 0.220 e. The first-order valence-electron chi connectivity index (χ1n) is 5.69. The minimum Gasteiger partial charge on any atom is -0.351 e. The van der Waals surface area contributed by atoms with Crippen LogP contribution in [0, 0.1) is 5.92 Å². The van der Waals surface area contributed by atoms with Crippen molar-refractivity contribution < 1.29 is 4.79 Å². The first-order chi connectivity index (χ1) is 7.84. The zero-order chi connectivity index (χ0) is 11.2. The predicted molar refractivity (Wildman–Crippen MR) is 64.2 cm³/mol. The van der Waals surface area contributed by atoms with Gasteiger partial charge in [0.15, 0.2) is 0 Å². The van der Waals surface area contributed by atoms with Crippen molar-refractivity contribution >= 4 is 17.2 Å². The quantitative estimate of drug-likeness (QED) is 0.810. The number of amides is 1. The number of nitrogens with one attached hydrogen (secondary N) is 2. The molecule has 1 aliphatic rings. The van der Waals surface area contributed by atoms with Crippen molar-refractivity contribution in [2.45, 2.75) is 25.8 Å². The highest BCUT2D eigenvalue weighted by Crippen LogP contribution is 2.14. The van der Waals surface area contributed by atoms with E-state index in [-0.39, 0.29) is 5.91 Å². The van der Waals surface area contributed by atoms with E-state index in [4.69, 9.17) is 0 Å². The number of rotatable bonds is 5. The van der Waals surface area contributed by atoms with Crippen LogP contribution in [0.3, 0.4) is 0 Å². The molecule has 0 spiro atoms. The van der Waals surface area contributed by atoms with E-state index in [1.807, 2.05) is 0 Å². The zero-order valence-corrected chi connectivity index (χ0v) is 10.1. The van der Waals surface area contributed by atoms with Crippen molar-refractivity contribution in [3.8, 4) is 0 Å². The van der Waals surface area contributed by atoms with Gasteiger partial charge in [0.2, 0.25) is 5.91 Å². The van der Waals surface area contributed by atoms with E-state index >= 15 is 0 Å². The van der Waals surface area contributed by atoms with E-state index in [1.165, 1.54) is 6.42 Å². The second kappa shape index (κ2) is 5.96. The Bertz CT molecular complexity index is 320. The molecule has 1 fully saturated rings. The van der Waals surface area contributed by atoms with Crippen molar-refractivity contribution in [3.05, 3.63) is 16.6 Å². The summed E-state index contributed by atoms with van der Waals surface area (Å²) in [5, 5.41) is 6.23. The highest BCUT2D eigenvalue weighted by atomic mass is 32.1. The van der Waals surface area contributed by atoms with E-state index in [0.29, 0.717) is 18.9 Å². The summed E-state index contributed by atoms with van der Waals surface area (Å²) in [7, 11) is 0. The molecule has 1 saturated heterocycles. The van der Waals surface area contributed by atoms with Crippen molar-refractivity contribution in [2.24, 2.45) is 5.92 Å². The molecule has 1 unspecified atom stereocenters. The van der Waals surface area contributed by atoms with Crippen LogP contribution in [-0.2, 0) is 11.3 Å². The minimum absolute atomic E-state index is 0.153. The molecule has 0 aliphatic carbocycles. The lowest BCUT2D eigenvalue weighted by Crippen LogP contribution is -2.23. The third-order valence-corrected chi connectivity index (χ3v) is 3.66. The molecule has 16 heavy (non-hydrogen) atoms. The molecule has 0 aromatic carbocycles. The number of hydrogen-bond donors (Lipinski definition) is 2. The van der Waals surface area contributed by atoms with Gasteiger partial charge in [0.05, 0.1) is 12.1 Å². The number of thiazole rings is 1.